The standard InChI is InChI=1S/C25H26ClN3O4S/c1-17-6-8-18(9-7-17)10-11-23(30)29-15-19(34(32,33)22-5-3-2-4-20(22)26)14-21(29)24(31)28-25(16-27)12-13-25/h2-9,19,21H,10-15H2,1H3,(H,28,31)/t19-,21+/m1/s1. The van der Waals surface area contributed by atoms with E-state index < -0.39 is 32.6 Å². The lowest BCUT2D eigenvalue weighted by Crippen LogP contribution is -2.49. The number of carbonyl (C=O) groups is 2. The number of nitrogens with one attached hydrogen (secondary N) is 1. The predicted octanol–water partition coefficient (Wildman–Crippen LogP) is 3.20. The minimum absolute atomic E-state index is 0.00883. The molecule has 178 valence electrons. The van der Waals surface area contributed by atoms with Crippen LogP contribution in [0.4, 0.5) is 0 Å². The number of aryl methyl sites for hydroxylation is 2. The summed E-state index contributed by atoms with van der Waals surface area (Å²) in [6.45, 7) is 1.88. The van der Waals surface area contributed by atoms with E-state index in [1.54, 1.807) is 12.1 Å². The van der Waals surface area contributed by atoms with E-state index in [0.29, 0.717) is 19.3 Å². The second kappa shape index (κ2) is 9.40. The molecule has 1 saturated carbocycles. The maximum atomic E-state index is 13.4. The molecule has 1 heterocycles. The molecule has 0 bridgehead atoms. The molecule has 7 nitrogen and oxygen atoms in total. The first kappa shape index (κ1) is 24.2. The number of hydrogen-bond donors (Lipinski definition) is 1. The van der Waals surface area contributed by atoms with Gasteiger partial charge in [0.15, 0.2) is 9.84 Å². The van der Waals surface area contributed by atoms with E-state index in [9.17, 15) is 23.3 Å². The zero-order valence-corrected chi connectivity index (χ0v) is 20.4. The Hall–Kier alpha value is -2.89. The van der Waals surface area contributed by atoms with E-state index in [-0.39, 0.29) is 35.2 Å². The zero-order valence-electron chi connectivity index (χ0n) is 18.8. The van der Waals surface area contributed by atoms with Crippen LogP contribution in [-0.2, 0) is 25.8 Å². The van der Waals surface area contributed by atoms with E-state index in [4.69, 9.17) is 11.6 Å². The largest absolute Gasteiger partial charge is 0.336 e. The molecule has 2 amide bonds. The Morgan fingerprint density at radius 2 is 1.85 bits per heavy atom. The van der Waals surface area contributed by atoms with Crippen LogP contribution in [0.15, 0.2) is 53.4 Å². The van der Waals surface area contributed by atoms with E-state index in [2.05, 4.69) is 11.4 Å². The topological polar surface area (TPSA) is 107 Å². The minimum Gasteiger partial charge on any atom is -0.336 e. The number of hydrogen-bond acceptors (Lipinski definition) is 5. The fraction of sp³-hybridized carbons (Fsp3) is 0.400. The van der Waals surface area contributed by atoms with Crippen LogP contribution in [0.3, 0.4) is 0 Å². The number of nitriles is 1. The summed E-state index contributed by atoms with van der Waals surface area (Å²) in [5, 5.41) is 11.2. The third-order valence-electron chi connectivity index (χ3n) is 6.54. The molecule has 1 saturated heterocycles. The Balaban J connectivity index is 1.55. The van der Waals surface area contributed by atoms with Crippen molar-refractivity contribution < 1.29 is 18.0 Å². The van der Waals surface area contributed by atoms with Crippen LogP contribution in [0, 0.1) is 18.3 Å². The summed E-state index contributed by atoms with van der Waals surface area (Å²) in [4.78, 5) is 27.6. The van der Waals surface area contributed by atoms with Gasteiger partial charge in [0, 0.05) is 13.0 Å². The molecule has 2 aliphatic rings. The molecule has 0 spiro atoms. The molecular formula is C25H26ClN3O4S. The number of rotatable bonds is 7. The van der Waals surface area contributed by atoms with Crippen molar-refractivity contribution in [3.05, 3.63) is 64.7 Å². The highest BCUT2D eigenvalue weighted by Crippen LogP contribution is 2.36. The molecule has 4 rings (SSSR count). The maximum absolute atomic E-state index is 13.4. The third-order valence-corrected chi connectivity index (χ3v) is 9.17. The molecule has 1 aliphatic heterocycles. The number of carbonyl (C=O) groups excluding carboxylic acids is 2. The van der Waals surface area contributed by atoms with Gasteiger partial charge in [0.2, 0.25) is 11.8 Å². The molecule has 34 heavy (non-hydrogen) atoms. The molecule has 0 aromatic heterocycles. The lowest BCUT2D eigenvalue weighted by atomic mass is 10.1. The van der Waals surface area contributed by atoms with Gasteiger partial charge in [0.1, 0.15) is 11.6 Å². The Bertz CT molecular complexity index is 1250. The van der Waals surface area contributed by atoms with E-state index in [1.807, 2.05) is 31.2 Å². The monoisotopic (exact) mass is 499 g/mol. The van der Waals surface area contributed by atoms with Crippen molar-refractivity contribution in [1.82, 2.24) is 10.2 Å². The number of likely N-dealkylation sites (tertiary alicyclic amines) is 1. The van der Waals surface area contributed by atoms with Crippen molar-refractivity contribution in [2.75, 3.05) is 6.54 Å². The maximum Gasteiger partial charge on any atom is 0.244 e. The highest BCUT2D eigenvalue weighted by atomic mass is 35.5. The second-order valence-corrected chi connectivity index (χ2v) is 11.7. The Morgan fingerprint density at radius 3 is 2.47 bits per heavy atom. The van der Waals surface area contributed by atoms with Crippen molar-refractivity contribution >= 4 is 33.3 Å². The van der Waals surface area contributed by atoms with E-state index >= 15 is 0 Å². The first-order valence-electron chi connectivity index (χ1n) is 11.2. The zero-order chi connectivity index (χ0) is 24.5. The van der Waals surface area contributed by atoms with Gasteiger partial charge >= 0.3 is 0 Å². The fourth-order valence-corrected chi connectivity index (χ4v) is 6.48. The van der Waals surface area contributed by atoms with Gasteiger partial charge in [-0.15, -0.1) is 0 Å². The lowest BCUT2D eigenvalue weighted by molar-refractivity contribution is -0.138. The molecule has 2 fully saturated rings. The van der Waals surface area contributed by atoms with Crippen molar-refractivity contribution in [2.45, 2.75) is 60.8 Å². The summed E-state index contributed by atoms with van der Waals surface area (Å²) >= 11 is 6.15. The van der Waals surface area contributed by atoms with Gasteiger partial charge in [-0.3, -0.25) is 9.59 Å². The van der Waals surface area contributed by atoms with Crippen molar-refractivity contribution in [2.24, 2.45) is 0 Å². The average molecular weight is 500 g/mol. The van der Waals surface area contributed by atoms with Gasteiger partial charge in [0.25, 0.3) is 0 Å². The van der Waals surface area contributed by atoms with Crippen LogP contribution in [0.5, 0.6) is 0 Å². The highest BCUT2D eigenvalue weighted by Gasteiger charge is 2.50. The fourth-order valence-electron chi connectivity index (χ4n) is 4.26. The van der Waals surface area contributed by atoms with Gasteiger partial charge in [-0.25, -0.2) is 8.42 Å². The third kappa shape index (κ3) is 4.96. The van der Waals surface area contributed by atoms with Crippen LogP contribution >= 0.6 is 11.6 Å². The Labute approximate surface area is 204 Å². The summed E-state index contributed by atoms with van der Waals surface area (Å²) in [7, 11) is -3.88. The molecule has 1 aliphatic carbocycles. The quantitative estimate of drug-likeness (QED) is 0.629. The van der Waals surface area contributed by atoms with Crippen LogP contribution in [-0.4, -0.2) is 48.5 Å². The van der Waals surface area contributed by atoms with Crippen LogP contribution < -0.4 is 5.32 Å². The molecule has 0 unspecified atom stereocenters. The number of halogens is 1. The first-order valence-corrected chi connectivity index (χ1v) is 13.1. The molecule has 2 atom stereocenters. The number of amides is 2. The summed E-state index contributed by atoms with van der Waals surface area (Å²) in [5.74, 6) is -0.779. The molecule has 2 aromatic rings. The normalized spacial score (nSPS) is 21.0. The van der Waals surface area contributed by atoms with Gasteiger partial charge in [-0.05, 0) is 50.3 Å². The predicted molar refractivity (Wildman–Crippen MR) is 128 cm³/mol. The molecular weight excluding hydrogens is 474 g/mol. The first-order chi connectivity index (χ1) is 16.1. The minimum atomic E-state index is -3.88. The summed E-state index contributed by atoms with van der Waals surface area (Å²) in [6, 6.07) is 15.1. The van der Waals surface area contributed by atoms with E-state index in [1.165, 1.54) is 17.0 Å². The average Bonchev–Trinajstić information content (AvgIpc) is 3.43. The Kier molecular flexibility index (Phi) is 6.70. The molecule has 2 aromatic carbocycles. The smallest absolute Gasteiger partial charge is 0.244 e. The summed E-state index contributed by atoms with van der Waals surface area (Å²) in [6.07, 6.45) is 1.68. The molecule has 1 N–H and O–H groups in total. The number of nitrogens with zero attached hydrogens (tertiary/aromatic N) is 2. The van der Waals surface area contributed by atoms with Gasteiger partial charge in [-0.1, -0.05) is 53.6 Å². The van der Waals surface area contributed by atoms with Gasteiger partial charge in [-0.2, -0.15) is 5.26 Å². The van der Waals surface area contributed by atoms with Crippen LogP contribution in [0.1, 0.15) is 36.8 Å². The van der Waals surface area contributed by atoms with E-state index in [0.717, 1.165) is 11.1 Å². The molecule has 0 radical (unpaired) electrons. The van der Waals surface area contributed by atoms with Gasteiger partial charge < -0.3 is 10.2 Å². The van der Waals surface area contributed by atoms with Crippen LogP contribution in [0.2, 0.25) is 5.02 Å². The van der Waals surface area contributed by atoms with Crippen molar-refractivity contribution in [3.8, 4) is 6.07 Å². The SMILES string of the molecule is Cc1ccc(CCC(=O)N2C[C@H](S(=O)(=O)c3ccccc3Cl)C[C@H]2C(=O)NC2(C#N)CC2)cc1. The van der Waals surface area contributed by atoms with Crippen molar-refractivity contribution in [1.29, 1.82) is 5.26 Å². The highest BCUT2D eigenvalue weighted by molar-refractivity contribution is 7.92. The van der Waals surface area contributed by atoms with Gasteiger partial charge in [0.05, 0.1) is 21.2 Å². The summed E-state index contributed by atoms with van der Waals surface area (Å²) < 4.78 is 26.7. The van der Waals surface area contributed by atoms with Crippen molar-refractivity contribution in [3.63, 3.8) is 0 Å². The second-order valence-electron chi connectivity index (χ2n) is 9.06. The number of benzene rings is 2. The number of sulfone groups is 1. The summed E-state index contributed by atoms with van der Waals surface area (Å²) in [5.41, 5.74) is 1.19. The molecule has 9 heteroatoms. The van der Waals surface area contributed by atoms with Crippen LogP contribution in [0.25, 0.3) is 0 Å². The lowest BCUT2D eigenvalue weighted by Gasteiger charge is -2.25. The Morgan fingerprint density at radius 1 is 1.18 bits per heavy atom.